The van der Waals surface area contributed by atoms with Crippen molar-refractivity contribution in [3.63, 3.8) is 0 Å². The Kier molecular flexibility index (Phi) is 6.20. The lowest BCUT2D eigenvalue weighted by Crippen LogP contribution is -2.11. The van der Waals surface area contributed by atoms with Gasteiger partial charge in [0.05, 0.1) is 0 Å². The fraction of sp³-hybridized carbons (Fsp3) is 0.111. The number of rotatable bonds is 5. The van der Waals surface area contributed by atoms with Crippen LogP contribution in [-0.4, -0.2) is 0 Å². The molecule has 0 radical (unpaired) electrons. The molecular weight excluding hydrogens is 446 g/mol. The van der Waals surface area contributed by atoms with Gasteiger partial charge in [-0.25, -0.2) is 0 Å². The van der Waals surface area contributed by atoms with E-state index in [1.807, 2.05) is 0 Å². The molecule has 0 heterocycles. The summed E-state index contributed by atoms with van der Waals surface area (Å²) in [5.41, 5.74) is 14.1. The van der Waals surface area contributed by atoms with Crippen LogP contribution in [0.25, 0.3) is 22.8 Å². The van der Waals surface area contributed by atoms with Gasteiger partial charge in [-0.3, -0.25) is 0 Å². The smallest absolute Gasteiger partial charge is 0.0464 e. The molecule has 6 rings (SSSR count). The maximum absolute atomic E-state index is 2.38. The zero-order chi connectivity index (χ0) is 25.2. The average molecular weight is 478 g/mol. The number of benzene rings is 5. The van der Waals surface area contributed by atoms with E-state index >= 15 is 0 Å². The molecule has 180 valence electrons. The second kappa shape index (κ2) is 9.95. The van der Waals surface area contributed by atoms with Crippen LogP contribution >= 0.6 is 0 Å². The predicted molar refractivity (Wildman–Crippen MR) is 159 cm³/mol. The normalized spacial score (nSPS) is 12.5. The van der Waals surface area contributed by atoms with E-state index in [4.69, 9.17) is 0 Å². The van der Waals surface area contributed by atoms with Crippen LogP contribution in [0.4, 0.5) is 17.1 Å². The lowest BCUT2D eigenvalue weighted by Gasteiger charge is -2.27. The zero-order valence-corrected chi connectivity index (χ0v) is 21.5. The third kappa shape index (κ3) is 4.86. The monoisotopic (exact) mass is 477 g/mol. The molecule has 1 nitrogen and oxygen atoms in total. The first-order chi connectivity index (χ1) is 18.1. The second-order valence-corrected chi connectivity index (χ2v) is 10.0. The van der Waals surface area contributed by atoms with E-state index in [9.17, 15) is 0 Å². The molecule has 5 aromatic carbocycles. The molecule has 0 fully saturated rings. The van der Waals surface area contributed by atoms with Gasteiger partial charge in [0, 0.05) is 17.1 Å². The van der Waals surface area contributed by atoms with Gasteiger partial charge in [0.1, 0.15) is 0 Å². The van der Waals surface area contributed by atoms with Gasteiger partial charge in [-0.05, 0) is 103 Å². The largest absolute Gasteiger partial charge is 0.310 e. The summed E-state index contributed by atoms with van der Waals surface area (Å²) in [4.78, 5) is 2.36. The number of hydrogen-bond donors (Lipinski definition) is 0. The fourth-order valence-corrected chi connectivity index (χ4v) is 5.21. The molecule has 0 saturated carbocycles. The summed E-state index contributed by atoms with van der Waals surface area (Å²) in [5.74, 6) is 0. The quantitative estimate of drug-likeness (QED) is 0.243. The van der Waals surface area contributed by atoms with E-state index in [-0.39, 0.29) is 0 Å². The molecule has 0 amide bonds. The first kappa shape index (κ1) is 23.1. The van der Waals surface area contributed by atoms with Gasteiger partial charge in [0.2, 0.25) is 0 Å². The number of allylic oxidation sites excluding steroid dienone is 1. The number of hydrogen-bond acceptors (Lipinski definition) is 1. The highest BCUT2D eigenvalue weighted by Gasteiger charge is 2.17. The van der Waals surface area contributed by atoms with Gasteiger partial charge in [0.25, 0.3) is 0 Å². The second-order valence-electron chi connectivity index (χ2n) is 10.0. The minimum atomic E-state index is 1.04. The predicted octanol–water partition coefficient (Wildman–Crippen LogP) is 9.93. The third-order valence-corrected chi connectivity index (χ3v) is 7.30. The van der Waals surface area contributed by atoms with Gasteiger partial charge in [-0.1, -0.05) is 96.1 Å². The Balaban J connectivity index is 1.36. The van der Waals surface area contributed by atoms with Crippen LogP contribution in [0, 0.1) is 13.8 Å². The van der Waals surface area contributed by atoms with E-state index in [1.165, 1.54) is 61.6 Å². The summed E-state index contributed by atoms with van der Waals surface area (Å²) in [6.45, 7) is 4.27. The Morgan fingerprint density at radius 1 is 0.486 bits per heavy atom. The molecule has 1 aliphatic carbocycles. The van der Waals surface area contributed by atoms with Crippen molar-refractivity contribution < 1.29 is 0 Å². The van der Waals surface area contributed by atoms with E-state index in [0.29, 0.717) is 0 Å². The molecule has 0 spiro atoms. The van der Waals surface area contributed by atoms with E-state index in [2.05, 4.69) is 146 Å². The molecule has 0 aromatic heterocycles. The molecule has 5 aromatic rings. The van der Waals surface area contributed by atoms with Gasteiger partial charge < -0.3 is 4.90 Å². The maximum Gasteiger partial charge on any atom is 0.0464 e. The van der Waals surface area contributed by atoms with Crippen molar-refractivity contribution in [2.75, 3.05) is 4.90 Å². The summed E-state index contributed by atoms with van der Waals surface area (Å²) in [5, 5.41) is 0. The molecule has 0 saturated heterocycles. The Morgan fingerprint density at radius 2 is 1.08 bits per heavy atom. The van der Waals surface area contributed by atoms with E-state index in [1.54, 1.807) is 0 Å². The number of anilines is 3. The summed E-state index contributed by atoms with van der Waals surface area (Å²) in [6, 6.07) is 44.1. The van der Waals surface area contributed by atoms with Crippen LogP contribution in [-0.2, 0) is 6.42 Å². The van der Waals surface area contributed by atoms with Crippen LogP contribution < -0.4 is 4.90 Å². The van der Waals surface area contributed by atoms with Crippen molar-refractivity contribution in [1.29, 1.82) is 0 Å². The number of fused-ring (bicyclic) bond motifs is 1. The molecule has 1 heteroatoms. The van der Waals surface area contributed by atoms with Crippen molar-refractivity contribution in [2.45, 2.75) is 26.7 Å². The lowest BCUT2D eigenvalue weighted by molar-refractivity contribution is 0.999. The van der Waals surface area contributed by atoms with Crippen molar-refractivity contribution in [1.82, 2.24) is 0 Å². The summed E-state index contributed by atoms with van der Waals surface area (Å²) < 4.78 is 0. The summed E-state index contributed by atoms with van der Waals surface area (Å²) in [6.07, 6.45) is 4.47. The molecule has 0 atom stereocenters. The highest BCUT2D eigenvalue weighted by molar-refractivity contribution is 5.87. The molecule has 0 unspecified atom stereocenters. The highest BCUT2D eigenvalue weighted by Crippen LogP contribution is 2.39. The summed E-state index contributed by atoms with van der Waals surface area (Å²) >= 11 is 0. The van der Waals surface area contributed by atoms with E-state index < -0.39 is 0 Å². The van der Waals surface area contributed by atoms with Gasteiger partial charge in [0.15, 0.2) is 0 Å². The summed E-state index contributed by atoms with van der Waals surface area (Å²) in [7, 11) is 0. The molecule has 0 aliphatic heterocycles. The topological polar surface area (TPSA) is 3.24 Å². The number of aryl methyl sites for hydroxylation is 3. The molecule has 37 heavy (non-hydrogen) atoms. The van der Waals surface area contributed by atoms with Crippen LogP contribution in [0.5, 0.6) is 0 Å². The Morgan fingerprint density at radius 3 is 1.76 bits per heavy atom. The minimum Gasteiger partial charge on any atom is -0.310 e. The minimum absolute atomic E-state index is 1.04. The van der Waals surface area contributed by atoms with Crippen LogP contribution in [0.1, 0.15) is 34.2 Å². The van der Waals surface area contributed by atoms with Crippen LogP contribution in [0.3, 0.4) is 0 Å². The maximum atomic E-state index is 2.38. The van der Waals surface area contributed by atoms with Crippen molar-refractivity contribution >= 4 is 28.7 Å². The average Bonchev–Trinajstić information content (AvgIpc) is 2.95. The molecule has 0 N–H and O–H groups in total. The highest BCUT2D eigenvalue weighted by atomic mass is 15.1. The standard InChI is InChI=1S/C36H31N/c1-26-11-18-34(19-12-26)37(35-20-13-27(2)14-21-35)36-22-17-32-24-31(15-16-33(32)25-36)30-10-6-9-29(23-30)28-7-4-3-5-8-28/h3-14,17-25H,15-16H2,1-2H3. The van der Waals surface area contributed by atoms with Crippen LogP contribution in [0.15, 0.2) is 121 Å². The molecular formula is C36H31N. The first-order valence-corrected chi connectivity index (χ1v) is 13.1. The molecule has 1 aliphatic rings. The Labute approximate surface area is 220 Å². The van der Waals surface area contributed by atoms with Gasteiger partial charge in [-0.15, -0.1) is 0 Å². The van der Waals surface area contributed by atoms with E-state index in [0.717, 1.165) is 12.8 Å². The first-order valence-electron chi connectivity index (χ1n) is 13.1. The number of nitrogens with zero attached hydrogens (tertiary/aromatic N) is 1. The van der Waals surface area contributed by atoms with Gasteiger partial charge in [-0.2, -0.15) is 0 Å². The SMILES string of the molecule is Cc1ccc(N(c2ccc(C)cc2)c2ccc3c(c2)CCC(c2cccc(-c4ccccc4)c2)=C3)cc1. The van der Waals surface area contributed by atoms with Crippen molar-refractivity contribution in [3.8, 4) is 11.1 Å². The lowest BCUT2D eigenvalue weighted by atomic mass is 9.87. The third-order valence-electron chi connectivity index (χ3n) is 7.30. The Hall–Kier alpha value is -4.36. The molecule has 0 bridgehead atoms. The Bertz CT molecular complexity index is 1510. The van der Waals surface area contributed by atoms with Crippen molar-refractivity contribution in [3.05, 3.63) is 149 Å². The van der Waals surface area contributed by atoms with Crippen molar-refractivity contribution in [2.24, 2.45) is 0 Å². The van der Waals surface area contributed by atoms with Crippen LogP contribution in [0.2, 0.25) is 0 Å². The zero-order valence-electron chi connectivity index (χ0n) is 21.5. The fourth-order valence-electron chi connectivity index (χ4n) is 5.21. The van der Waals surface area contributed by atoms with Gasteiger partial charge >= 0.3 is 0 Å².